The van der Waals surface area contributed by atoms with Crippen molar-refractivity contribution in [1.29, 1.82) is 0 Å². The fraction of sp³-hybridized carbons (Fsp3) is 0.0938. The van der Waals surface area contributed by atoms with Crippen LogP contribution in [0.1, 0.15) is 44.5 Å². The molecule has 2 spiro atoms. The second kappa shape index (κ2) is 18.0. The fourth-order valence-corrected chi connectivity index (χ4v) is 9.98. The lowest BCUT2D eigenvalue weighted by Gasteiger charge is -2.32. The standard InChI is InChI=1S/C34H26N2O2.C30H26N2O2/c1-25-13-11-16-27-23-35(29-18-7-3-8-19-29)34(37-32(25)27)36(30-20-9-4-10-21-30)24-28-17-12-22-31(33(28)38-34)26-14-5-2-6-15-26;1-21-11-7-8-18-27(21)32-20-25-15-10-13-23(3)29(25)34-30(32)31(26-16-5-4-6-17-26)19-24-14-9-12-22(2)28(24)33-30/h2-24H,1H3;4-20H,1-3H3/q2*+2. The number of rotatable bonds is 5. The normalized spacial score (nSPS) is 17.8. The number of fused-ring (bicyclic) bond motifs is 4. The summed E-state index contributed by atoms with van der Waals surface area (Å²) in [5.41, 5.74) is 14.3. The summed E-state index contributed by atoms with van der Waals surface area (Å²) >= 11 is 0. The lowest BCUT2D eigenvalue weighted by molar-refractivity contribution is -0.856. The second-order valence-corrected chi connectivity index (χ2v) is 18.4. The molecule has 4 aliphatic rings. The Morgan fingerprint density at radius 2 is 0.597 bits per heavy atom. The van der Waals surface area contributed by atoms with Crippen molar-refractivity contribution in [2.45, 2.75) is 39.8 Å². The Morgan fingerprint density at radius 1 is 0.278 bits per heavy atom. The molecule has 72 heavy (non-hydrogen) atoms. The minimum absolute atomic E-state index is 0.775. The molecule has 0 amide bonds. The molecular weight excluding hydrogens is 889 g/mol. The largest absolute Gasteiger partial charge is 0.714 e. The molecule has 0 N–H and O–H groups in total. The maximum atomic E-state index is 7.16. The summed E-state index contributed by atoms with van der Waals surface area (Å²) in [5, 5.41) is 0. The van der Waals surface area contributed by atoms with Gasteiger partial charge in [-0.2, -0.15) is 0 Å². The summed E-state index contributed by atoms with van der Waals surface area (Å²) in [5.74, 6) is 3.21. The third-order valence-corrected chi connectivity index (χ3v) is 13.6. The summed E-state index contributed by atoms with van der Waals surface area (Å²) in [6, 6.07) is 71.6. The Hall–Kier alpha value is -9.14. The van der Waals surface area contributed by atoms with Crippen LogP contribution in [0.25, 0.3) is 11.1 Å². The van der Waals surface area contributed by atoms with E-state index < -0.39 is 12.1 Å². The molecule has 9 aromatic carbocycles. The van der Waals surface area contributed by atoms with Gasteiger partial charge in [0.1, 0.15) is 0 Å². The zero-order valence-corrected chi connectivity index (χ0v) is 40.5. The van der Waals surface area contributed by atoms with Gasteiger partial charge in [-0.3, -0.25) is 0 Å². The summed E-state index contributed by atoms with van der Waals surface area (Å²) < 4.78 is 36.5. The van der Waals surface area contributed by atoms with E-state index in [4.69, 9.17) is 18.9 Å². The van der Waals surface area contributed by atoms with Crippen molar-refractivity contribution >= 4 is 47.6 Å². The monoisotopic (exact) mass is 940 g/mol. The highest BCUT2D eigenvalue weighted by Gasteiger charge is 2.68. The Morgan fingerprint density at radius 3 is 1.03 bits per heavy atom. The highest BCUT2D eigenvalue weighted by Crippen LogP contribution is 2.46. The molecular formula is C64H52N4O4+4. The van der Waals surface area contributed by atoms with Crippen LogP contribution < -0.4 is 18.9 Å². The number of benzene rings is 9. The van der Waals surface area contributed by atoms with Crippen LogP contribution in [0.15, 0.2) is 218 Å². The topological polar surface area (TPSA) is 49.0 Å². The lowest BCUT2D eigenvalue weighted by Crippen LogP contribution is -2.62. The van der Waals surface area contributed by atoms with E-state index in [2.05, 4.69) is 210 Å². The van der Waals surface area contributed by atoms with Gasteiger partial charge >= 0.3 is 12.1 Å². The second-order valence-electron chi connectivity index (χ2n) is 18.4. The van der Waals surface area contributed by atoms with Crippen molar-refractivity contribution < 1.29 is 37.2 Å². The number of para-hydroxylation sites is 8. The van der Waals surface area contributed by atoms with Gasteiger partial charge in [0.2, 0.25) is 22.7 Å². The average Bonchev–Trinajstić information content (AvgIpc) is 3.42. The molecule has 4 aliphatic heterocycles. The first-order chi connectivity index (χ1) is 35.3. The van der Waals surface area contributed by atoms with Gasteiger partial charge in [-0.15, -0.1) is 0 Å². The van der Waals surface area contributed by atoms with Gasteiger partial charge in [-0.25, -0.2) is 0 Å². The third kappa shape index (κ3) is 7.56. The first kappa shape index (κ1) is 44.1. The zero-order valence-electron chi connectivity index (χ0n) is 40.5. The van der Waals surface area contributed by atoms with E-state index in [-0.39, 0.29) is 0 Å². The van der Waals surface area contributed by atoms with E-state index in [9.17, 15) is 0 Å². The molecule has 0 aromatic heterocycles. The van der Waals surface area contributed by atoms with Crippen molar-refractivity contribution in [3.63, 3.8) is 0 Å². The molecule has 348 valence electrons. The van der Waals surface area contributed by atoms with Crippen LogP contribution in [-0.2, 0) is 0 Å². The summed E-state index contributed by atoms with van der Waals surface area (Å²) in [6.07, 6.45) is 8.53. The minimum Gasteiger partial charge on any atom is -0.340 e. The molecule has 13 rings (SSSR count). The number of hydrogen-bond acceptors (Lipinski definition) is 4. The molecule has 0 radical (unpaired) electrons. The van der Waals surface area contributed by atoms with Crippen LogP contribution in [0.2, 0.25) is 0 Å². The Balaban J connectivity index is 0.000000148. The molecule has 8 nitrogen and oxygen atoms in total. The van der Waals surface area contributed by atoms with Gasteiger partial charge in [-0.05, 0) is 74.2 Å². The quantitative estimate of drug-likeness (QED) is 0.161. The lowest BCUT2D eigenvalue weighted by atomic mass is 10.0. The molecule has 0 bridgehead atoms. The SMILES string of the molecule is Cc1cccc2c1OC1(Oc3c(cccc3-c3ccccc3)C=[N+]1c1ccccc1)[N+](c1ccccc1)=C2.Cc1ccccc1[N+]1=Cc2cccc(C)c2OC12Oc1c(C)cccc1C=[N+]2c1ccccc1. The smallest absolute Gasteiger partial charge is 0.340 e. The molecule has 9 aromatic rings. The Labute approximate surface area is 419 Å². The maximum absolute atomic E-state index is 7.16. The average molecular weight is 941 g/mol. The van der Waals surface area contributed by atoms with E-state index >= 15 is 0 Å². The minimum atomic E-state index is -1.35. The number of ether oxygens (including phenoxy) is 4. The number of hydrogen-bond donors (Lipinski definition) is 0. The van der Waals surface area contributed by atoms with E-state index in [0.717, 1.165) is 101 Å². The molecule has 0 fully saturated rings. The summed E-state index contributed by atoms with van der Waals surface area (Å²) in [6.45, 7) is 8.33. The molecule has 0 saturated carbocycles. The van der Waals surface area contributed by atoms with Gasteiger partial charge in [0.05, 0.1) is 22.3 Å². The van der Waals surface area contributed by atoms with E-state index in [1.807, 2.05) is 78.9 Å². The maximum Gasteiger partial charge on any atom is 0.714 e. The molecule has 2 unspecified atom stereocenters. The van der Waals surface area contributed by atoms with Crippen molar-refractivity contribution in [2.75, 3.05) is 0 Å². The predicted octanol–water partition coefficient (Wildman–Crippen LogP) is 13.5. The first-order valence-corrected chi connectivity index (χ1v) is 24.3. The van der Waals surface area contributed by atoms with E-state index in [0.29, 0.717) is 0 Å². The Bertz CT molecular complexity index is 3680. The van der Waals surface area contributed by atoms with Gasteiger partial charge < -0.3 is 18.9 Å². The molecule has 2 atom stereocenters. The van der Waals surface area contributed by atoms with Crippen LogP contribution in [0.4, 0.5) is 22.7 Å². The van der Waals surface area contributed by atoms with Crippen LogP contribution >= 0.6 is 0 Å². The van der Waals surface area contributed by atoms with Gasteiger partial charge in [0.25, 0.3) is 0 Å². The predicted molar refractivity (Wildman–Crippen MR) is 284 cm³/mol. The molecule has 0 aliphatic carbocycles. The molecule has 8 heteroatoms. The highest BCUT2D eigenvalue weighted by atomic mass is 16.8. The van der Waals surface area contributed by atoms with Crippen molar-refractivity contribution in [3.05, 3.63) is 263 Å². The summed E-state index contributed by atoms with van der Waals surface area (Å²) in [7, 11) is 0. The van der Waals surface area contributed by atoms with Crippen LogP contribution in [-0.4, -0.2) is 55.2 Å². The highest BCUT2D eigenvalue weighted by molar-refractivity contribution is 5.89. The first-order valence-electron chi connectivity index (χ1n) is 24.3. The van der Waals surface area contributed by atoms with Gasteiger partial charge in [0, 0.05) is 53.6 Å². The Kier molecular flexibility index (Phi) is 11.0. The number of aryl methyl sites for hydroxylation is 4. The third-order valence-electron chi connectivity index (χ3n) is 13.6. The van der Waals surface area contributed by atoms with Crippen molar-refractivity contribution in [2.24, 2.45) is 0 Å². The van der Waals surface area contributed by atoms with Gasteiger partial charge in [0.15, 0.2) is 47.9 Å². The van der Waals surface area contributed by atoms with Crippen molar-refractivity contribution in [3.8, 4) is 34.1 Å². The van der Waals surface area contributed by atoms with Crippen molar-refractivity contribution in [1.82, 2.24) is 0 Å². The summed E-state index contributed by atoms with van der Waals surface area (Å²) in [4.78, 5) is 0. The van der Waals surface area contributed by atoms with E-state index in [1.54, 1.807) is 0 Å². The van der Waals surface area contributed by atoms with Crippen LogP contribution in [0, 0.1) is 27.7 Å². The van der Waals surface area contributed by atoms with Crippen LogP contribution in [0.5, 0.6) is 23.0 Å². The number of nitrogens with zero attached hydrogens (tertiary/aromatic N) is 4. The molecule has 0 saturated heterocycles. The van der Waals surface area contributed by atoms with Crippen LogP contribution in [0.3, 0.4) is 0 Å². The fourth-order valence-electron chi connectivity index (χ4n) is 9.98. The van der Waals surface area contributed by atoms with Gasteiger partial charge in [-0.1, -0.05) is 170 Å². The molecule has 4 heterocycles. The van der Waals surface area contributed by atoms with E-state index in [1.165, 1.54) is 0 Å². The zero-order chi connectivity index (χ0) is 48.8.